The predicted molar refractivity (Wildman–Crippen MR) is 54.3 cm³/mol. The van der Waals surface area contributed by atoms with Crippen LogP contribution in [-0.4, -0.2) is 26.0 Å². The highest BCUT2D eigenvalue weighted by Crippen LogP contribution is 2.23. The first-order valence-electron chi connectivity index (χ1n) is 3.92. The third-order valence-electron chi connectivity index (χ3n) is 1.64. The number of nitrogens with one attached hydrogen (secondary N) is 1. The number of aromatic nitrogens is 2. The molecule has 1 aromatic heterocycles. The van der Waals surface area contributed by atoms with Gasteiger partial charge in [-0.1, -0.05) is 11.6 Å². The van der Waals surface area contributed by atoms with Gasteiger partial charge < -0.3 is 10.4 Å². The van der Waals surface area contributed by atoms with Gasteiger partial charge in [-0.05, 0) is 20.3 Å². The summed E-state index contributed by atoms with van der Waals surface area (Å²) in [4.78, 5) is 0. The van der Waals surface area contributed by atoms with Crippen molar-refractivity contribution >= 4 is 29.1 Å². The van der Waals surface area contributed by atoms with Crippen LogP contribution in [0.15, 0.2) is 0 Å². The Kier molecular flexibility index (Phi) is 3.47. The minimum Gasteiger partial charge on any atom is -0.396 e. The quantitative estimate of drug-likeness (QED) is 0.814. The Bertz CT molecular complexity index is 276. The fourth-order valence-electron chi connectivity index (χ4n) is 0.915. The van der Waals surface area contributed by atoms with Crippen molar-refractivity contribution in [1.82, 2.24) is 8.75 Å². The van der Waals surface area contributed by atoms with Gasteiger partial charge in [-0.2, -0.15) is 8.75 Å². The van der Waals surface area contributed by atoms with Crippen LogP contribution in [0.5, 0.6) is 0 Å². The molecule has 13 heavy (non-hydrogen) atoms. The molecule has 6 heteroatoms. The van der Waals surface area contributed by atoms with Gasteiger partial charge in [0, 0.05) is 12.1 Å². The summed E-state index contributed by atoms with van der Waals surface area (Å²) >= 11 is 6.83. The second-order valence-corrected chi connectivity index (χ2v) is 4.27. The molecule has 1 aromatic rings. The van der Waals surface area contributed by atoms with Crippen LogP contribution in [0.2, 0.25) is 5.15 Å². The van der Waals surface area contributed by atoms with E-state index in [9.17, 15) is 0 Å². The topological polar surface area (TPSA) is 58.0 Å². The first-order chi connectivity index (χ1) is 6.05. The van der Waals surface area contributed by atoms with E-state index in [2.05, 4.69) is 14.1 Å². The van der Waals surface area contributed by atoms with Crippen molar-refractivity contribution < 1.29 is 5.11 Å². The number of aliphatic hydroxyl groups is 1. The number of hydrogen-bond acceptors (Lipinski definition) is 5. The summed E-state index contributed by atoms with van der Waals surface area (Å²) in [6, 6.07) is 0. The Labute approximate surface area is 86.3 Å². The smallest absolute Gasteiger partial charge is 0.186 e. The number of halogens is 1. The molecule has 2 N–H and O–H groups in total. The first-order valence-corrected chi connectivity index (χ1v) is 5.03. The Morgan fingerprint density at radius 2 is 2.23 bits per heavy atom. The average molecular weight is 222 g/mol. The Morgan fingerprint density at radius 3 is 2.69 bits per heavy atom. The molecule has 0 spiro atoms. The molecular formula is C7H12ClN3OS. The van der Waals surface area contributed by atoms with E-state index in [-0.39, 0.29) is 12.1 Å². The fraction of sp³-hybridized carbons (Fsp3) is 0.714. The number of nitrogens with zero attached hydrogens (tertiary/aromatic N) is 2. The van der Waals surface area contributed by atoms with E-state index in [4.69, 9.17) is 16.7 Å². The summed E-state index contributed by atoms with van der Waals surface area (Å²) in [6.45, 7) is 4.08. The van der Waals surface area contributed by atoms with Crippen LogP contribution < -0.4 is 5.32 Å². The lowest BCUT2D eigenvalue weighted by Gasteiger charge is -2.24. The van der Waals surface area contributed by atoms with Crippen molar-refractivity contribution in [2.75, 3.05) is 11.9 Å². The van der Waals surface area contributed by atoms with E-state index in [0.717, 1.165) is 11.7 Å². The Hall–Kier alpha value is -0.390. The normalized spacial score (nSPS) is 11.7. The summed E-state index contributed by atoms with van der Waals surface area (Å²) in [6.07, 6.45) is 0.640. The van der Waals surface area contributed by atoms with E-state index in [0.29, 0.717) is 17.4 Å². The molecule has 0 saturated carbocycles. The molecule has 1 heterocycles. The molecule has 1 rings (SSSR count). The van der Waals surface area contributed by atoms with Gasteiger partial charge in [0.05, 0.1) is 11.7 Å². The summed E-state index contributed by atoms with van der Waals surface area (Å²) < 4.78 is 7.82. The third kappa shape index (κ3) is 3.10. The Balaban J connectivity index is 2.63. The number of anilines is 1. The third-order valence-corrected chi connectivity index (χ3v) is 2.53. The molecule has 0 fully saturated rings. The lowest BCUT2D eigenvalue weighted by molar-refractivity contribution is 0.260. The summed E-state index contributed by atoms with van der Waals surface area (Å²) in [5, 5.41) is 12.3. The van der Waals surface area contributed by atoms with Gasteiger partial charge >= 0.3 is 0 Å². The fourth-order valence-corrected chi connectivity index (χ4v) is 1.56. The molecule has 0 amide bonds. The highest BCUT2D eigenvalue weighted by atomic mass is 35.5. The summed E-state index contributed by atoms with van der Waals surface area (Å²) in [7, 11) is 0. The van der Waals surface area contributed by atoms with Gasteiger partial charge in [0.1, 0.15) is 0 Å². The average Bonchev–Trinajstić information content (AvgIpc) is 2.35. The molecule has 0 bridgehead atoms. The molecule has 0 aliphatic rings. The molecule has 0 unspecified atom stereocenters. The molecule has 0 radical (unpaired) electrons. The van der Waals surface area contributed by atoms with Crippen LogP contribution in [0.3, 0.4) is 0 Å². The van der Waals surface area contributed by atoms with E-state index in [1.807, 2.05) is 13.8 Å². The van der Waals surface area contributed by atoms with Crippen molar-refractivity contribution in [3.63, 3.8) is 0 Å². The minimum atomic E-state index is -0.214. The molecule has 0 aliphatic heterocycles. The van der Waals surface area contributed by atoms with Crippen LogP contribution in [0.4, 0.5) is 5.82 Å². The van der Waals surface area contributed by atoms with Gasteiger partial charge in [0.25, 0.3) is 0 Å². The molecule has 4 nitrogen and oxygen atoms in total. The number of aliphatic hydroxyl groups excluding tert-OH is 1. The molecule has 0 aromatic carbocycles. The van der Waals surface area contributed by atoms with E-state index in [1.54, 1.807) is 0 Å². The van der Waals surface area contributed by atoms with Crippen LogP contribution in [-0.2, 0) is 0 Å². The van der Waals surface area contributed by atoms with Crippen molar-refractivity contribution in [3.05, 3.63) is 5.15 Å². The molecule has 0 saturated heterocycles. The van der Waals surface area contributed by atoms with Gasteiger partial charge in [0.2, 0.25) is 0 Å². The lowest BCUT2D eigenvalue weighted by Crippen LogP contribution is -2.32. The van der Waals surface area contributed by atoms with Gasteiger partial charge in [-0.15, -0.1) is 0 Å². The van der Waals surface area contributed by atoms with Gasteiger partial charge in [0.15, 0.2) is 11.0 Å². The summed E-state index contributed by atoms with van der Waals surface area (Å²) in [5.41, 5.74) is -0.214. The van der Waals surface area contributed by atoms with E-state index in [1.165, 1.54) is 0 Å². The first kappa shape index (κ1) is 10.7. The number of rotatable bonds is 4. The maximum Gasteiger partial charge on any atom is 0.186 e. The van der Waals surface area contributed by atoms with Gasteiger partial charge in [-0.3, -0.25) is 0 Å². The van der Waals surface area contributed by atoms with Crippen molar-refractivity contribution in [3.8, 4) is 0 Å². The van der Waals surface area contributed by atoms with Crippen LogP contribution in [0.1, 0.15) is 20.3 Å². The largest absolute Gasteiger partial charge is 0.396 e. The predicted octanol–water partition coefficient (Wildman–Crippen LogP) is 1.76. The maximum absolute atomic E-state index is 8.79. The van der Waals surface area contributed by atoms with Gasteiger partial charge in [-0.25, -0.2) is 0 Å². The monoisotopic (exact) mass is 221 g/mol. The van der Waals surface area contributed by atoms with Crippen molar-refractivity contribution in [2.45, 2.75) is 25.8 Å². The zero-order valence-corrected chi connectivity index (χ0v) is 9.11. The molecular weight excluding hydrogens is 210 g/mol. The summed E-state index contributed by atoms with van der Waals surface area (Å²) in [5.74, 6) is 0.588. The van der Waals surface area contributed by atoms with E-state index >= 15 is 0 Å². The molecule has 74 valence electrons. The highest BCUT2D eigenvalue weighted by molar-refractivity contribution is 6.99. The van der Waals surface area contributed by atoms with Crippen molar-refractivity contribution in [2.24, 2.45) is 0 Å². The number of hydrogen-bond donors (Lipinski definition) is 2. The van der Waals surface area contributed by atoms with E-state index < -0.39 is 0 Å². The second-order valence-electron chi connectivity index (χ2n) is 3.39. The minimum absolute atomic E-state index is 0.134. The zero-order valence-electron chi connectivity index (χ0n) is 7.54. The Morgan fingerprint density at radius 1 is 1.54 bits per heavy atom. The molecule has 0 atom stereocenters. The SMILES string of the molecule is CC(C)(CCO)Nc1nsnc1Cl. The standard InChI is InChI=1S/C7H12ClN3OS/c1-7(2,3-4-12)9-6-5(8)10-13-11-6/h12H,3-4H2,1-2H3,(H,9,11). The second kappa shape index (κ2) is 4.21. The maximum atomic E-state index is 8.79. The van der Waals surface area contributed by atoms with Crippen LogP contribution >= 0.6 is 23.3 Å². The molecule has 0 aliphatic carbocycles. The van der Waals surface area contributed by atoms with Crippen molar-refractivity contribution in [1.29, 1.82) is 0 Å². The van der Waals surface area contributed by atoms with Crippen LogP contribution in [0.25, 0.3) is 0 Å². The zero-order chi connectivity index (χ0) is 9.90. The van der Waals surface area contributed by atoms with Crippen LogP contribution in [0, 0.1) is 0 Å². The lowest BCUT2D eigenvalue weighted by atomic mass is 10.0. The highest BCUT2D eigenvalue weighted by Gasteiger charge is 2.19.